The summed E-state index contributed by atoms with van der Waals surface area (Å²) in [5.74, 6) is 1.10. The highest BCUT2D eigenvalue weighted by Crippen LogP contribution is 2.33. The molecule has 1 N–H and O–H groups in total. The van der Waals surface area contributed by atoms with Crippen LogP contribution in [0.5, 0.6) is 5.75 Å². The van der Waals surface area contributed by atoms with Gasteiger partial charge in [0.15, 0.2) is 0 Å². The van der Waals surface area contributed by atoms with Gasteiger partial charge in [0.25, 0.3) is 0 Å². The van der Waals surface area contributed by atoms with Gasteiger partial charge in [-0.1, -0.05) is 85.1 Å². The molecule has 2 heteroatoms. The fourth-order valence-corrected chi connectivity index (χ4v) is 4.02. The van der Waals surface area contributed by atoms with Crippen molar-refractivity contribution in [1.82, 2.24) is 0 Å². The summed E-state index contributed by atoms with van der Waals surface area (Å²) in [5, 5.41) is 10.8. The Morgan fingerprint density at radius 3 is 2.14 bits per heavy atom. The molecule has 1 unspecified atom stereocenters. The molecule has 160 valence electrons. The minimum Gasteiger partial charge on any atom is -0.507 e. The largest absolute Gasteiger partial charge is 0.507 e. The third kappa shape index (κ3) is 6.52. The van der Waals surface area contributed by atoms with E-state index in [1.54, 1.807) is 0 Å². The molecular weight excluding hydrogens is 354 g/mol. The number of phenols is 1. The van der Waals surface area contributed by atoms with Gasteiger partial charge >= 0.3 is 0 Å². The summed E-state index contributed by atoms with van der Waals surface area (Å²) in [6, 6.07) is 13.4. The molecule has 2 aromatic carbocycles. The zero-order valence-corrected chi connectivity index (χ0v) is 19.7. The van der Waals surface area contributed by atoms with E-state index in [2.05, 4.69) is 89.9 Å². The Kier molecular flexibility index (Phi) is 8.19. The van der Waals surface area contributed by atoms with E-state index in [0.717, 1.165) is 36.9 Å². The van der Waals surface area contributed by atoms with E-state index in [4.69, 9.17) is 0 Å². The molecule has 29 heavy (non-hydrogen) atoms. The predicted molar refractivity (Wildman–Crippen MR) is 127 cm³/mol. The molecule has 2 aromatic rings. The van der Waals surface area contributed by atoms with Crippen molar-refractivity contribution < 1.29 is 5.11 Å². The van der Waals surface area contributed by atoms with Gasteiger partial charge in [-0.05, 0) is 58.6 Å². The summed E-state index contributed by atoms with van der Waals surface area (Å²) >= 11 is 0. The standard InChI is InChI=1S/C27H41NO/c1-8-10-20(3)16-23-18-25(17-22(11-9-2)26(23)29)28(7)19-21-12-14-24(15-13-21)27(4,5)6/h12-15,17-18,20,29H,8-11,16,19H2,1-7H3. The quantitative estimate of drug-likeness (QED) is 0.483. The summed E-state index contributed by atoms with van der Waals surface area (Å²) < 4.78 is 0. The zero-order valence-electron chi connectivity index (χ0n) is 19.7. The van der Waals surface area contributed by atoms with Crippen LogP contribution >= 0.6 is 0 Å². The van der Waals surface area contributed by atoms with Crippen LogP contribution in [0.2, 0.25) is 0 Å². The van der Waals surface area contributed by atoms with Crippen LogP contribution in [0.25, 0.3) is 0 Å². The highest BCUT2D eigenvalue weighted by Gasteiger charge is 2.16. The molecule has 2 rings (SSSR count). The van der Waals surface area contributed by atoms with Crippen LogP contribution in [0.4, 0.5) is 5.69 Å². The monoisotopic (exact) mass is 395 g/mol. The smallest absolute Gasteiger partial charge is 0.122 e. The van der Waals surface area contributed by atoms with Gasteiger partial charge in [-0.15, -0.1) is 0 Å². The molecule has 0 spiro atoms. The van der Waals surface area contributed by atoms with Gasteiger partial charge in [0.1, 0.15) is 5.75 Å². The van der Waals surface area contributed by atoms with Gasteiger partial charge in [0, 0.05) is 19.3 Å². The molecular formula is C27H41NO. The molecule has 0 saturated carbocycles. The van der Waals surface area contributed by atoms with E-state index < -0.39 is 0 Å². The lowest BCUT2D eigenvalue weighted by Gasteiger charge is -2.24. The Labute approximate surface area is 179 Å². The van der Waals surface area contributed by atoms with Crippen LogP contribution in [0.3, 0.4) is 0 Å². The first-order valence-corrected chi connectivity index (χ1v) is 11.3. The van der Waals surface area contributed by atoms with E-state index in [-0.39, 0.29) is 5.41 Å². The van der Waals surface area contributed by atoms with Gasteiger partial charge in [0.05, 0.1) is 0 Å². The van der Waals surface area contributed by atoms with Crippen LogP contribution in [-0.4, -0.2) is 12.2 Å². The molecule has 0 aliphatic heterocycles. The van der Waals surface area contributed by atoms with Crippen LogP contribution in [0.15, 0.2) is 36.4 Å². The van der Waals surface area contributed by atoms with Crippen molar-refractivity contribution >= 4 is 5.69 Å². The first kappa shape index (κ1) is 23.3. The van der Waals surface area contributed by atoms with E-state index >= 15 is 0 Å². The average Bonchev–Trinajstić information content (AvgIpc) is 2.65. The van der Waals surface area contributed by atoms with Crippen LogP contribution in [-0.2, 0) is 24.8 Å². The molecule has 0 saturated heterocycles. The number of benzene rings is 2. The van der Waals surface area contributed by atoms with Gasteiger partial charge in [-0.2, -0.15) is 0 Å². The zero-order chi connectivity index (χ0) is 21.6. The average molecular weight is 396 g/mol. The summed E-state index contributed by atoms with van der Waals surface area (Å²) in [7, 11) is 2.15. The molecule has 0 aromatic heterocycles. The molecule has 0 fully saturated rings. The minimum atomic E-state index is 0.181. The maximum absolute atomic E-state index is 10.8. The molecule has 2 nitrogen and oxygen atoms in total. The van der Waals surface area contributed by atoms with Crippen molar-refractivity contribution in [3.05, 3.63) is 58.7 Å². The normalized spacial score (nSPS) is 12.8. The van der Waals surface area contributed by atoms with Crippen LogP contribution < -0.4 is 4.90 Å². The Bertz CT molecular complexity index is 770. The molecule has 0 bridgehead atoms. The molecule has 0 aliphatic rings. The number of aromatic hydroxyl groups is 1. The van der Waals surface area contributed by atoms with E-state index in [1.165, 1.54) is 29.7 Å². The fourth-order valence-electron chi connectivity index (χ4n) is 4.02. The third-order valence-corrected chi connectivity index (χ3v) is 5.80. The number of aryl methyl sites for hydroxylation is 1. The lowest BCUT2D eigenvalue weighted by atomic mass is 9.87. The second kappa shape index (κ2) is 10.2. The van der Waals surface area contributed by atoms with Crippen molar-refractivity contribution in [3.8, 4) is 5.75 Å². The molecule has 0 radical (unpaired) electrons. The highest BCUT2D eigenvalue weighted by atomic mass is 16.3. The maximum Gasteiger partial charge on any atom is 0.122 e. The van der Waals surface area contributed by atoms with Gasteiger partial charge in [0.2, 0.25) is 0 Å². The third-order valence-electron chi connectivity index (χ3n) is 5.80. The summed E-state index contributed by atoms with van der Waals surface area (Å²) in [6.07, 6.45) is 5.29. The molecule has 0 amide bonds. The summed E-state index contributed by atoms with van der Waals surface area (Å²) in [4.78, 5) is 2.30. The van der Waals surface area contributed by atoms with Crippen molar-refractivity contribution in [1.29, 1.82) is 0 Å². The molecule has 1 atom stereocenters. The predicted octanol–water partition coefficient (Wildman–Crippen LogP) is 7.26. The second-order valence-electron chi connectivity index (χ2n) is 9.76. The number of rotatable bonds is 9. The lowest BCUT2D eigenvalue weighted by Crippen LogP contribution is -2.18. The Balaban J connectivity index is 2.25. The summed E-state index contributed by atoms with van der Waals surface area (Å²) in [5.41, 5.74) is 6.24. The van der Waals surface area contributed by atoms with E-state index in [0.29, 0.717) is 11.7 Å². The van der Waals surface area contributed by atoms with Crippen molar-refractivity contribution in [2.45, 2.75) is 85.6 Å². The van der Waals surface area contributed by atoms with Crippen molar-refractivity contribution in [2.24, 2.45) is 5.92 Å². The van der Waals surface area contributed by atoms with E-state index in [9.17, 15) is 5.11 Å². The maximum atomic E-state index is 10.8. The molecule has 0 heterocycles. The molecule has 0 aliphatic carbocycles. The summed E-state index contributed by atoms with van der Waals surface area (Å²) in [6.45, 7) is 14.3. The van der Waals surface area contributed by atoms with E-state index in [1.807, 2.05) is 0 Å². The van der Waals surface area contributed by atoms with Gasteiger partial charge < -0.3 is 10.0 Å². The second-order valence-corrected chi connectivity index (χ2v) is 9.76. The number of hydrogen-bond acceptors (Lipinski definition) is 2. The Morgan fingerprint density at radius 1 is 0.966 bits per heavy atom. The highest BCUT2D eigenvalue weighted by molar-refractivity contribution is 5.57. The Morgan fingerprint density at radius 2 is 1.59 bits per heavy atom. The number of anilines is 1. The fraction of sp³-hybridized carbons (Fsp3) is 0.556. The first-order valence-electron chi connectivity index (χ1n) is 11.3. The number of hydrogen-bond donors (Lipinski definition) is 1. The number of phenolic OH excluding ortho intramolecular Hbond substituents is 1. The van der Waals surface area contributed by atoms with Crippen LogP contribution in [0, 0.1) is 5.92 Å². The number of nitrogens with zero attached hydrogens (tertiary/aromatic N) is 1. The van der Waals surface area contributed by atoms with Gasteiger partial charge in [-0.25, -0.2) is 0 Å². The SMILES string of the molecule is CCCc1cc(N(C)Cc2ccc(C(C)(C)C)cc2)cc(CC(C)CCC)c1O. The van der Waals surface area contributed by atoms with Crippen molar-refractivity contribution in [2.75, 3.05) is 11.9 Å². The topological polar surface area (TPSA) is 23.5 Å². The van der Waals surface area contributed by atoms with Crippen molar-refractivity contribution in [3.63, 3.8) is 0 Å². The Hall–Kier alpha value is -1.96. The minimum absolute atomic E-state index is 0.181. The van der Waals surface area contributed by atoms with Gasteiger partial charge in [-0.3, -0.25) is 0 Å². The lowest BCUT2D eigenvalue weighted by molar-refractivity contribution is 0.446. The van der Waals surface area contributed by atoms with Crippen LogP contribution in [0.1, 0.15) is 83.1 Å². The first-order chi connectivity index (χ1) is 13.7.